The van der Waals surface area contributed by atoms with Crippen LogP contribution in [-0.4, -0.2) is 30.5 Å². The number of aromatic amines is 1. The zero-order valence-corrected chi connectivity index (χ0v) is 11.2. The Morgan fingerprint density at radius 3 is 3.00 bits per heavy atom. The molecule has 0 amide bonds. The molecule has 0 atom stereocenters. The molecule has 102 valence electrons. The van der Waals surface area contributed by atoms with Crippen LogP contribution in [-0.2, 0) is 11.3 Å². The van der Waals surface area contributed by atoms with Crippen molar-refractivity contribution in [3.63, 3.8) is 0 Å². The van der Waals surface area contributed by atoms with Gasteiger partial charge in [0.15, 0.2) is 0 Å². The third-order valence-electron chi connectivity index (χ3n) is 2.98. The number of aryl methyl sites for hydroxylation is 1. The van der Waals surface area contributed by atoms with Crippen molar-refractivity contribution in [2.24, 2.45) is 0 Å². The van der Waals surface area contributed by atoms with Crippen molar-refractivity contribution in [2.45, 2.75) is 13.5 Å². The van der Waals surface area contributed by atoms with Crippen LogP contribution in [0.15, 0.2) is 24.4 Å². The molecular formula is C14H18FN3O. The number of nitrogens with one attached hydrogen (secondary N) is 2. The molecule has 0 bridgehead atoms. The Hall–Kier alpha value is -1.72. The first-order chi connectivity index (χ1) is 9.22. The molecule has 4 nitrogen and oxygen atoms in total. The molecule has 0 saturated carbocycles. The van der Waals surface area contributed by atoms with Crippen molar-refractivity contribution in [2.75, 3.05) is 20.3 Å². The van der Waals surface area contributed by atoms with Gasteiger partial charge < -0.3 is 10.1 Å². The second kappa shape index (κ2) is 6.45. The largest absolute Gasteiger partial charge is 0.383 e. The number of benzene rings is 1. The lowest BCUT2D eigenvalue weighted by molar-refractivity contribution is 0.199. The van der Waals surface area contributed by atoms with Crippen LogP contribution in [0.5, 0.6) is 0 Å². The van der Waals surface area contributed by atoms with Crippen LogP contribution < -0.4 is 5.32 Å². The van der Waals surface area contributed by atoms with Crippen LogP contribution in [0.1, 0.15) is 11.1 Å². The first-order valence-electron chi connectivity index (χ1n) is 6.21. The van der Waals surface area contributed by atoms with E-state index in [2.05, 4.69) is 15.5 Å². The third kappa shape index (κ3) is 3.39. The highest BCUT2D eigenvalue weighted by atomic mass is 19.1. The molecule has 0 aliphatic carbocycles. The first kappa shape index (κ1) is 13.7. The normalized spacial score (nSPS) is 10.9. The summed E-state index contributed by atoms with van der Waals surface area (Å²) in [6.45, 7) is 3.85. The van der Waals surface area contributed by atoms with Crippen molar-refractivity contribution in [1.29, 1.82) is 0 Å². The van der Waals surface area contributed by atoms with Crippen LogP contribution in [0.25, 0.3) is 11.3 Å². The second-order valence-electron chi connectivity index (χ2n) is 4.40. The summed E-state index contributed by atoms with van der Waals surface area (Å²) in [6, 6.07) is 5.19. The van der Waals surface area contributed by atoms with E-state index in [0.717, 1.165) is 23.4 Å². The molecule has 0 spiro atoms. The van der Waals surface area contributed by atoms with Gasteiger partial charge in [-0.1, -0.05) is 12.1 Å². The number of hydrogen-bond acceptors (Lipinski definition) is 3. The highest BCUT2D eigenvalue weighted by Gasteiger charge is 2.09. The van der Waals surface area contributed by atoms with Gasteiger partial charge in [-0.25, -0.2) is 4.39 Å². The Morgan fingerprint density at radius 1 is 1.42 bits per heavy atom. The summed E-state index contributed by atoms with van der Waals surface area (Å²) >= 11 is 0. The zero-order valence-electron chi connectivity index (χ0n) is 11.2. The minimum Gasteiger partial charge on any atom is -0.383 e. The number of aromatic nitrogens is 2. The maximum atomic E-state index is 13.6. The highest BCUT2D eigenvalue weighted by Crippen LogP contribution is 2.23. The lowest BCUT2D eigenvalue weighted by Gasteiger charge is -2.06. The van der Waals surface area contributed by atoms with Crippen LogP contribution >= 0.6 is 0 Å². The SMILES string of the molecule is COCCNCc1cn[nH]c1-c1ccc(C)c(F)c1. The minimum atomic E-state index is -0.203. The molecule has 0 aliphatic heterocycles. The summed E-state index contributed by atoms with van der Waals surface area (Å²) < 4.78 is 18.6. The van der Waals surface area contributed by atoms with E-state index in [0.29, 0.717) is 18.7 Å². The van der Waals surface area contributed by atoms with Crippen molar-refractivity contribution < 1.29 is 9.13 Å². The molecule has 0 aliphatic rings. The number of methoxy groups -OCH3 is 1. The van der Waals surface area contributed by atoms with Crippen molar-refractivity contribution in [3.05, 3.63) is 41.3 Å². The molecule has 2 rings (SSSR count). The Kier molecular flexibility index (Phi) is 4.65. The van der Waals surface area contributed by atoms with E-state index in [-0.39, 0.29) is 5.82 Å². The number of rotatable bonds is 6. The highest BCUT2D eigenvalue weighted by molar-refractivity contribution is 5.63. The number of hydrogen-bond donors (Lipinski definition) is 2. The van der Waals surface area contributed by atoms with Gasteiger partial charge in [0.05, 0.1) is 18.5 Å². The lowest BCUT2D eigenvalue weighted by atomic mass is 10.1. The fourth-order valence-corrected chi connectivity index (χ4v) is 1.84. The second-order valence-corrected chi connectivity index (χ2v) is 4.40. The molecule has 19 heavy (non-hydrogen) atoms. The number of H-pyrrole nitrogens is 1. The minimum absolute atomic E-state index is 0.203. The monoisotopic (exact) mass is 263 g/mol. The zero-order chi connectivity index (χ0) is 13.7. The van der Waals surface area contributed by atoms with Gasteiger partial charge in [0.1, 0.15) is 5.82 Å². The first-order valence-corrected chi connectivity index (χ1v) is 6.21. The van der Waals surface area contributed by atoms with Crippen molar-refractivity contribution >= 4 is 0 Å². The molecule has 2 N–H and O–H groups in total. The molecular weight excluding hydrogens is 245 g/mol. The van der Waals surface area contributed by atoms with Crippen molar-refractivity contribution in [1.82, 2.24) is 15.5 Å². The number of ether oxygens (including phenoxy) is 1. The van der Waals surface area contributed by atoms with Crippen LogP contribution in [0, 0.1) is 12.7 Å². The average molecular weight is 263 g/mol. The fraction of sp³-hybridized carbons (Fsp3) is 0.357. The van der Waals surface area contributed by atoms with Crippen LogP contribution in [0.3, 0.4) is 0 Å². The standard InChI is InChI=1S/C14H18FN3O/c1-10-3-4-11(7-13(10)15)14-12(9-17-18-14)8-16-5-6-19-2/h3-4,7,9,16H,5-6,8H2,1-2H3,(H,17,18). The Balaban J connectivity index is 2.12. The van der Waals surface area contributed by atoms with E-state index in [1.54, 1.807) is 26.3 Å². The molecule has 0 unspecified atom stereocenters. The predicted octanol–water partition coefficient (Wildman–Crippen LogP) is 2.26. The molecule has 0 saturated heterocycles. The van der Waals surface area contributed by atoms with E-state index in [9.17, 15) is 4.39 Å². The van der Waals surface area contributed by atoms with E-state index >= 15 is 0 Å². The average Bonchev–Trinajstić information content (AvgIpc) is 2.86. The molecule has 0 radical (unpaired) electrons. The maximum Gasteiger partial charge on any atom is 0.126 e. The van der Waals surface area contributed by atoms with Crippen LogP contribution in [0.4, 0.5) is 4.39 Å². The third-order valence-corrected chi connectivity index (χ3v) is 2.98. The fourth-order valence-electron chi connectivity index (χ4n) is 1.84. The molecule has 1 heterocycles. The Bertz CT molecular complexity index is 539. The molecule has 5 heteroatoms. The summed E-state index contributed by atoms with van der Waals surface area (Å²) in [5, 5.41) is 10.2. The van der Waals surface area contributed by atoms with Gasteiger partial charge in [-0.15, -0.1) is 0 Å². The summed E-state index contributed by atoms with van der Waals surface area (Å²) in [6.07, 6.45) is 1.76. The summed E-state index contributed by atoms with van der Waals surface area (Å²) in [5.41, 5.74) is 3.32. The Morgan fingerprint density at radius 2 is 2.26 bits per heavy atom. The molecule has 1 aromatic heterocycles. The topological polar surface area (TPSA) is 49.9 Å². The van der Waals surface area contributed by atoms with Gasteiger partial charge in [0.2, 0.25) is 0 Å². The predicted molar refractivity (Wildman–Crippen MR) is 72.3 cm³/mol. The molecule has 0 fully saturated rings. The summed E-state index contributed by atoms with van der Waals surface area (Å²) in [5.74, 6) is -0.203. The maximum absolute atomic E-state index is 13.6. The number of halogens is 1. The summed E-state index contributed by atoms with van der Waals surface area (Å²) in [4.78, 5) is 0. The van der Waals surface area contributed by atoms with Gasteiger partial charge in [-0.2, -0.15) is 5.10 Å². The lowest BCUT2D eigenvalue weighted by Crippen LogP contribution is -2.18. The number of nitrogens with zero attached hydrogens (tertiary/aromatic N) is 1. The van der Waals surface area contributed by atoms with Crippen LogP contribution in [0.2, 0.25) is 0 Å². The Labute approximate surface area is 112 Å². The van der Waals surface area contributed by atoms with Gasteiger partial charge in [-0.05, 0) is 18.6 Å². The molecule has 1 aromatic carbocycles. The molecule has 2 aromatic rings. The van der Waals surface area contributed by atoms with E-state index in [4.69, 9.17) is 4.74 Å². The quantitative estimate of drug-likeness (QED) is 0.786. The van der Waals surface area contributed by atoms with Gasteiger partial charge in [0.25, 0.3) is 0 Å². The van der Waals surface area contributed by atoms with E-state index < -0.39 is 0 Å². The smallest absolute Gasteiger partial charge is 0.126 e. The van der Waals surface area contributed by atoms with Gasteiger partial charge in [-0.3, -0.25) is 5.10 Å². The van der Waals surface area contributed by atoms with Crippen molar-refractivity contribution in [3.8, 4) is 11.3 Å². The van der Waals surface area contributed by atoms with E-state index in [1.165, 1.54) is 6.07 Å². The summed E-state index contributed by atoms with van der Waals surface area (Å²) in [7, 11) is 1.67. The van der Waals surface area contributed by atoms with Gasteiger partial charge in [0, 0.05) is 31.3 Å². The van der Waals surface area contributed by atoms with Gasteiger partial charge >= 0.3 is 0 Å². The van der Waals surface area contributed by atoms with E-state index in [1.807, 2.05) is 6.07 Å².